The molecule has 1 aliphatic rings. The molecule has 0 aliphatic carbocycles. The minimum Gasteiger partial charge on any atom is -0.393 e. The highest BCUT2D eigenvalue weighted by molar-refractivity contribution is 5.73. The Hall–Kier alpha value is -0.610. The lowest BCUT2D eigenvalue weighted by molar-refractivity contribution is -0.120. The molecule has 3 atom stereocenters. The summed E-state index contributed by atoms with van der Waals surface area (Å²) < 4.78 is 0. The van der Waals surface area contributed by atoms with E-state index in [0.717, 1.165) is 32.4 Å². The van der Waals surface area contributed by atoms with Crippen LogP contribution in [0.15, 0.2) is 0 Å². The molecule has 1 heterocycles. The number of carbonyl (C=O) groups excluding carboxylic acids is 1. The number of likely N-dealkylation sites (tertiary alicyclic amines) is 1. The molecular formula is C14H28N2O2. The summed E-state index contributed by atoms with van der Waals surface area (Å²) in [5.74, 6) is 0.522. The summed E-state index contributed by atoms with van der Waals surface area (Å²) in [4.78, 5) is 13.6. The molecule has 0 radical (unpaired) electrons. The number of piperidine rings is 1. The van der Waals surface area contributed by atoms with Gasteiger partial charge in [-0.05, 0) is 39.0 Å². The third-order valence-electron chi connectivity index (χ3n) is 3.78. The van der Waals surface area contributed by atoms with Crippen molar-refractivity contribution in [2.24, 2.45) is 5.92 Å². The molecule has 0 saturated carbocycles. The van der Waals surface area contributed by atoms with Gasteiger partial charge >= 0.3 is 0 Å². The maximum absolute atomic E-state index is 11.2. The van der Waals surface area contributed by atoms with Crippen LogP contribution in [0, 0.1) is 5.92 Å². The van der Waals surface area contributed by atoms with Crippen LogP contribution in [0.25, 0.3) is 0 Å². The van der Waals surface area contributed by atoms with Gasteiger partial charge in [0.05, 0.1) is 6.10 Å². The minimum atomic E-state index is -0.208. The number of hydrogen-bond donors (Lipinski definition) is 2. The van der Waals surface area contributed by atoms with E-state index in [1.54, 1.807) is 6.92 Å². The van der Waals surface area contributed by atoms with Gasteiger partial charge in [-0.2, -0.15) is 0 Å². The van der Waals surface area contributed by atoms with Gasteiger partial charge in [0, 0.05) is 32.1 Å². The molecule has 1 amide bonds. The van der Waals surface area contributed by atoms with E-state index in [1.807, 2.05) is 6.92 Å². The lowest BCUT2D eigenvalue weighted by Crippen LogP contribution is -2.52. The van der Waals surface area contributed by atoms with Gasteiger partial charge in [-0.15, -0.1) is 0 Å². The Kier molecular flexibility index (Phi) is 6.09. The number of nitrogens with one attached hydrogen (secondary N) is 1. The fraction of sp³-hybridized carbons (Fsp3) is 0.929. The first kappa shape index (κ1) is 15.4. The van der Waals surface area contributed by atoms with Gasteiger partial charge in [0.25, 0.3) is 0 Å². The monoisotopic (exact) mass is 256 g/mol. The predicted octanol–water partition coefficient (Wildman–Crippen LogP) is 1.38. The molecule has 3 unspecified atom stereocenters. The number of nitrogens with zero attached hydrogens (tertiary/aromatic N) is 1. The number of aliphatic hydroxyl groups excluding tert-OH is 1. The van der Waals surface area contributed by atoms with Crippen molar-refractivity contribution in [3.63, 3.8) is 0 Å². The van der Waals surface area contributed by atoms with Crippen LogP contribution >= 0.6 is 0 Å². The summed E-state index contributed by atoms with van der Waals surface area (Å²) in [6, 6.07) is 0.718. The second-order valence-electron chi connectivity index (χ2n) is 5.84. The molecule has 106 valence electrons. The summed E-state index contributed by atoms with van der Waals surface area (Å²) in [5.41, 5.74) is 0. The molecule has 1 fully saturated rings. The van der Waals surface area contributed by atoms with Gasteiger partial charge in [0.15, 0.2) is 0 Å². The molecule has 0 spiro atoms. The van der Waals surface area contributed by atoms with Gasteiger partial charge in [0.2, 0.25) is 5.91 Å². The Balaban J connectivity index is 2.59. The van der Waals surface area contributed by atoms with E-state index in [1.165, 1.54) is 0 Å². The largest absolute Gasteiger partial charge is 0.393 e. The van der Waals surface area contributed by atoms with E-state index in [9.17, 15) is 9.90 Å². The van der Waals surface area contributed by atoms with Gasteiger partial charge in [-0.3, -0.25) is 9.69 Å². The molecule has 4 nitrogen and oxygen atoms in total. The number of carbonyl (C=O) groups is 1. The average molecular weight is 256 g/mol. The second-order valence-corrected chi connectivity index (χ2v) is 5.84. The number of hydrogen-bond acceptors (Lipinski definition) is 3. The SMILES string of the molecule is CCC(O)CC1CC(NC(C)=O)CN(C(C)C)C1. The summed E-state index contributed by atoms with van der Waals surface area (Å²) >= 11 is 0. The molecule has 0 aromatic heterocycles. The average Bonchev–Trinajstić information content (AvgIpc) is 2.27. The van der Waals surface area contributed by atoms with E-state index in [2.05, 4.69) is 24.1 Å². The summed E-state index contributed by atoms with van der Waals surface area (Å²) in [6.45, 7) is 9.91. The Bertz CT molecular complexity index is 269. The standard InChI is InChI=1S/C14H28N2O2/c1-5-14(18)7-12-6-13(15-11(4)17)9-16(8-12)10(2)3/h10,12-14,18H,5-9H2,1-4H3,(H,15,17). The van der Waals surface area contributed by atoms with Crippen molar-refractivity contribution in [1.29, 1.82) is 0 Å². The summed E-state index contributed by atoms with van der Waals surface area (Å²) in [5, 5.41) is 12.8. The van der Waals surface area contributed by atoms with E-state index >= 15 is 0 Å². The smallest absolute Gasteiger partial charge is 0.217 e. The third kappa shape index (κ3) is 4.94. The van der Waals surface area contributed by atoms with Crippen LogP contribution in [0.1, 0.15) is 47.0 Å². The van der Waals surface area contributed by atoms with Crippen molar-refractivity contribution >= 4 is 5.91 Å². The molecule has 1 saturated heterocycles. The highest BCUT2D eigenvalue weighted by Gasteiger charge is 2.29. The van der Waals surface area contributed by atoms with Crippen LogP contribution in [-0.2, 0) is 4.79 Å². The van der Waals surface area contributed by atoms with Gasteiger partial charge in [-0.25, -0.2) is 0 Å². The van der Waals surface area contributed by atoms with E-state index < -0.39 is 0 Å². The maximum Gasteiger partial charge on any atom is 0.217 e. The lowest BCUT2D eigenvalue weighted by atomic mass is 9.88. The van der Waals surface area contributed by atoms with Gasteiger partial charge in [-0.1, -0.05) is 6.92 Å². The normalized spacial score (nSPS) is 27.2. The highest BCUT2D eigenvalue weighted by Crippen LogP contribution is 2.23. The fourth-order valence-corrected chi connectivity index (χ4v) is 2.78. The molecule has 2 N–H and O–H groups in total. The van der Waals surface area contributed by atoms with E-state index in [4.69, 9.17) is 0 Å². The number of amides is 1. The first-order valence-corrected chi connectivity index (χ1v) is 7.11. The minimum absolute atomic E-state index is 0.0420. The van der Waals surface area contributed by atoms with Crippen molar-refractivity contribution in [3.8, 4) is 0 Å². The van der Waals surface area contributed by atoms with Crippen LogP contribution < -0.4 is 5.32 Å². The predicted molar refractivity (Wildman–Crippen MR) is 73.3 cm³/mol. The van der Waals surface area contributed by atoms with E-state index in [0.29, 0.717) is 12.0 Å². The number of aliphatic hydroxyl groups is 1. The van der Waals surface area contributed by atoms with Gasteiger partial charge in [0.1, 0.15) is 0 Å². The first-order valence-electron chi connectivity index (χ1n) is 7.11. The molecule has 0 aromatic carbocycles. The quantitative estimate of drug-likeness (QED) is 0.781. The molecule has 1 aliphatic heterocycles. The zero-order chi connectivity index (χ0) is 13.7. The molecule has 18 heavy (non-hydrogen) atoms. The molecular weight excluding hydrogens is 228 g/mol. The molecule has 4 heteroatoms. The van der Waals surface area contributed by atoms with Crippen LogP contribution in [-0.4, -0.2) is 47.2 Å². The van der Waals surface area contributed by atoms with Crippen LogP contribution in [0.4, 0.5) is 0 Å². The lowest BCUT2D eigenvalue weighted by Gasteiger charge is -2.40. The summed E-state index contributed by atoms with van der Waals surface area (Å²) in [7, 11) is 0. The van der Waals surface area contributed by atoms with Crippen molar-refractivity contribution < 1.29 is 9.90 Å². The molecule has 0 bridgehead atoms. The van der Waals surface area contributed by atoms with Crippen molar-refractivity contribution in [3.05, 3.63) is 0 Å². The zero-order valence-corrected chi connectivity index (χ0v) is 12.1. The van der Waals surface area contributed by atoms with E-state index in [-0.39, 0.29) is 18.1 Å². The third-order valence-corrected chi connectivity index (χ3v) is 3.78. The van der Waals surface area contributed by atoms with Crippen LogP contribution in [0.2, 0.25) is 0 Å². The Morgan fingerprint density at radius 1 is 1.44 bits per heavy atom. The summed E-state index contributed by atoms with van der Waals surface area (Å²) in [6.07, 6.45) is 2.43. The van der Waals surface area contributed by atoms with Crippen molar-refractivity contribution in [1.82, 2.24) is 10.2 Å². The Labute approximate surface area is 111 Å². The van der Waals surface area contributed by atoms with Crippen LogP contribution in [0.3, 0.4) is 0 Å². The Morgan fingerprint density at radius 3 is 2.61 bits per heavy atom. The highest BCUT2D eigenvalue weighted by atomic mass is 16.3. The second kappa shape index (κ2) is 7.10. The zero-order valence-electron chi connectivity index (χ0n) is 12.1. The first-order chi connectivity index (χ1) is 8.42. The number of rotatable bonds is 5. The van der Waals surface area contributed by atoms with Gasteiger partial charge < -0.3 is 10.4 Å². The molecule has 1 rings (SSSR count). The van der Waals surface area contributed by atoms with Crippen molar-refractivity contribution in [2.45, 2.75) is 65.1 Å². The topological polar surface area (TPSA) is 52.6 Å². The Morgan fingerprint density at radius 2 is 2.11 bits per heavy atom. The van der Waals surface area contributed by atoms with Crippen molar-refractivity contribution in [2.75, 3.05) is 13.1 Å². The maximum atomic E-state index is 11.2. The fourth-order valence-electron chi connectivity index (χ4n) is 2.78. The molecule has 0 aromatic rings. The van der Waals surface area contributed by atoms with Crippen LogP contribution in [0.5, 0.6) is 0 Å².